The Morgan fingerprint density at radius 1 is 0.644 bits per heavy atom. The standard InChI is InChI=1S/C42H49BN2/c1-26-21-31-38-33(22-26)43-32-25-29(40(6,7)8)15-18-34(32)44(30-16-13-28(14-17-30)39(3,4)5)35-23-27(2)24-36(37(35)43)45(38)42(10)20-12-11-19-41(31,42)9/h13-18,21-25H,11-12,19-20H2,1-10H3. The summed E-state index contributed by atoms with van der Waals surface area (Å²) in [7, 11) is 0. The van der Waals surface area contributed by atoms with Gasteiger partial charge in [-0.15, -0.1) is 0 Å². The van der Waals surface area contributed by atoms with Crippen LogP contribution in [0.1, 0.15) is 109 Å². The summed E-state index contributed by atoms with van der Waals surface area (Å²) < 4.78 is 0. The van der Waals surface area contributed by atoms with E-state index in [1.54, 1.807) is 5.56 Å². The van der Waals surface area contributed by atoms with Crippen LogP contribution in [0.3, 0.4) is 0 Å². The van der Waals surface area contributed by atoms with Crippen molar-refractivity contribution in [3.63, 3.8) is 0 Å². The van der Waals surface area contributed by atoms with Crippen LogP contribution in [0.5, 0.6) is 0 Å². The molecule has 2 atom stereocenters. The number of hydrogen-bond acceptors (Lipinski definition) is 2. The highest BCUT2D eigenvalue weighted by Crippen LogP contribution is 2.61. The molecule has 1 fully saturated rings. The second-order valence-corrected chi connectivity index (χ2v) is 17.2. The third kappa shape index (κ3) is 3.82. The molecule has 1 saturated carbocycles. The molecule has 8 rings (SSSR count). The molecule has 3 heteroatoms. The van der Waals surface area contributed by atoms with E-state index in [0.717, 1.165) is 0 Å². The Labute approximate surface area is 271 Å². The Morgan fingerprint density at radius 2 is 1.27 bits per heavy atom. The van der Waals surface area contributed by atoms with E-state index in [1.165, 1.54) is 92.8 Å². The van der Waals surface area contributed by atoms with Crippen LogP contribution in [0.4, 0.5) is 28.4 Å². The highest BCUT2D eigenvalue weighted by atomic mass is 15.3. The van der Waals surface area contributed by atoms with Crippen molar-refractivity contribution in [3.8, 4) is 0 Å². The molecule has 0 radical (unpaired) electrons. The Kier molecular flexibility index (Phi) is 5.85. The molecule has 4 aromatic carbocycles. The van der Waals surface area contributed by atoms with Crippen molar-refractivity contribution < 1.29 is 0 Å². The number of aryl methyl sites for hydroxylation is 2. The predicted molar refractivity (Wildman–Crippen MR) is 195 cm³/mol. The van der Waals surface area contributed by atoms with Crippen molar-refractivity contribution in [3.05, 3.63) is 94.5 Å². The van der Waals surface area contributed by atoms with Crippen molar-refractivity contribution in [2.45, 2.75) is 117 Å². The minimum absolute atomic E-state index is 0.0510. The summed E-state index contributed by atoms with van der Waals surface area (Å²) >= 11 is 0. The minimum atomic E-state index is 0.0510. The molecular formula is C42H49BN2. The largest absolute Gasteiger partial charge is 0.335 e. The van der Waals surface area contributed by atoms with Gasteiger partial charge >= 0.3 is 0 Å². The average molecular weight is 593 g/mol. The second kappa shape index (κ2) is 9.08. The molecule has 0 saturated heterocycles. The van der Waals surface area contributed by atoms with Crippen molar-refractivity contribution in [2.75, 3.05) is 9.80 Å². The molecule has 3 heterocycles. The van der Waals surface area contributed by atoms with Crippen LogP contribution in [0.25, 0.3) is 0 Å². The number of nitrogens with zero attached hydrogens (tertiary/aromatic N) is 2. The highest BCUT2D eigenvalue weighted by molar-refractivity contribution is 7.00. The summed E-state index contributed by atoms with van der Waals surface area (Å²) in [6.07, 6.45) is 5.10. The molecule has 0 aromatic heterocycles. The van der Waals surface area contributed by atoms with Gasteiger partial charge in [-0.2, -0.15) is 0 Å². The predicted octanol–water partition coefficient (Wildman–Crippen LogP) is 9.25. The zero-order valence-electron chi connectivity index (χ0n) is 29.2. The summed E-state index contributed by atoms with van der Waals surface area (Å²) in [5.74, 6) is 0. The second-order valence-electron chi connectivity index (χ2n) is 17.2. The van der Waals surface area contributed by atoms with E-state index >= 15 is 0 Å². The molecule has 0 bridgehead atoms. The van der Waals surface area contributed by atoms with Gasteiger partial charge in [-0.1, -0.05) is 103 Å². The number of fused-ring (bicyclic) bond motifs is 7. The van der Waals surface area contributed by atoms with E-state index in [0.29, 0.717) is 0 Å². The van der Waals surface area contributed by atoms with E-state index in [2.05, 4.69) is 146 Å². The first kappa shape index (κ1) is 29.0. The van der Waals surface area contributed by atoms with E-state index in [4.69, 9.17) is 0 Å². The molecule has 1 aliphatic carbocycles. The van der Waals surface area contributed by atoms with Gasteiger partial charge in [0.1, 0.15) is 0 Å². The van der Waals surface area contributed by atoms with Crippen LogP contribution >= 0.6 is 0 Å². The van der Waals surface area contributed by atoms with Gasteiger partial charge in [0, 0.05) is 33.9 Å². The molecule has 0 spiro atoms. The number of rotatable bonds is 1. The van der Waals surface area contributed by atoms with Gasteiger partial charge in [0.25, 0.3) is 6.71 Å². The minimum Gasteiger partial charge on any atom is -0.335 e. The normalized spacial score (nSPS) is 23.0. The van der Waals surface area contributed by atoms with Crippen molar-refractivity contribution in [1.82, 2.24) is 0 Å². The van der Waals surface area contributed by atoms with Gasteiger partial charge in [0.2, 0.25) is 0 Å². The zero-order chi connectivity index (χ0) is 31.8. The first-order valence-electron chi connectivity index (χ1n) is 17.3. The summed E-state index contributed by atoms with van der Waals surface area (Å²) in [4.78, 5) is 5.43. The first-order chi connectivity index (χ1) is 21.1. The van der Waals surface area contributed by atoms with Gasteiger partial charge in [0.05, 0.1) is 5.54 Å². The fraction of sp³-hybridized carbons (Fsp3) is 0.429. The summed E-state index contributed by atoms with van der Waals surface area (Å²) in [6.45, 7) is 24.0. The van der Waals surface area contributed by atoms with Crippen LogP contribution in [-0.4, -0.2) is 12.3 Å². The van der Waals surface area contributed by atoms with E-state index in [9.17, 15) is 0 Å². The van der Waals surface area contributed by atoms with Gasteiger partial charge < -0.3 is 9.80 Å². The average Bonchev–Trinajstić information content (AvgIpc) is 3.17. The van der Waals surface area contributed by atoms with Crippen molar-refractivity contribution >= 4 is 51.5 Å². The molecule has 3 aliphatic heterocycles. The lowest BCUT2D eigenvalue weighted by Gasteiger charge is -2.53. The van der Waals surface area contributed by atoms with Crippen LogP contribution in [0, 0.1) is 13.8 Å². The molecule has 2 unspecified atom stereocenters. The van der Waals surface area contributed by atoms with Gasteiger partial charge in [-0.05, 0) is 113 Å². The topological polar surface area (TPSA) is 6.48 Å². The van der Waals surface area contributed by atoms with E-state index < -0.39 is 0 Å². The fourth-order valence-corrected chi connectivity index (χ4v) is 9.48. The smallest absolute Gasteiger partial charge is 0.252 e. The molecule has 4 aliphatic rings. The Balaban J connectivity index is 1.48. The van der Waals surface area contributed by atoms with Crippen LogP contribution in [0.15, 0.2) is 66.7 Å². The first-order valence-corrected chi connectivity index (χ1v) is 17.3. The fourth-order valence-electron chi connectivity index (χ4n) is 9.48. The molecule has 2 nitrogen and oxygen atoms in total. The summed E-state index contributed by atoms with van der Waals surface area (Å²) in [6, 6.07) is 26.8. The van der Waals surface area contributed by atoms with Crippen LogP contribution < -0.4 is 26.2 Å². The lowest BCUT2D eigenvalue weighted by Crippen LogP contribution is -2.64. The molecule has 4 aromatic rings. The number of hydrogen-bond donors (Lipinski definition) is 0. The zero-order valence-corrected chi connectivity index (χ0v) is 29.2. The molecule has 230 valence electrons. The highest BCUT2D eigenvalue weighted by Gasteiger charge is 2.61. The number of benzene rings is 4. The monoisotopic (exact) mass is 592 g/mol. The third-order valence-corrected chi connectivity index (χ3v) is 12.2. The van der Waals surface area contributed by atoms with E-state index in [-0.39, 0.29) is 28.5 Å². The third-order valence-electron chi connectivity index (χ3n) is 12.2. The van der Waals surface area contributed by atoms with Gasteiger partial charge in [-0.3, -0.25) is 0 Å². The maximum absolute atomic E-state index is 2.85. The summed E-state index contributed by atoms with van der Waals surface area (Å²) in [5, 5.41) is 0. The molecule has 45 heavy (non-hydrogen) atoms. The molecule has 0 amide bonds. The Hall–Kier alpha value is -3.46. The Bertz CT molecular complexity index is 1890. The maximum atomic E-state index is 2.85. The van der Waals surface area contributed by atoms with Crippen molar-refractivity contribution in [2.24, 2.45) is 0 Å². The van der Waals surface area contributed by atoms with Crippen molar-refractivity contribution in [1.29, 1.82) is 0 Å². The van der Waals surface area contributed by atoms with Gasteiger partial charge in [-0.25, -0.2) is 0 Å². The Morgan fingerprint density at radius 3 is 1.96 bits per heavy atom. The molecular weight excluding hydrogens is 543 g/mol. The maximum Gasteiger partial charge on any atom is 0.252 e. The lowest BCUT2D eigenvalue weighted by atomic mass is 9.33. The quantitative estimate of drug-likeness (QED) is 0.179. The number of anilines is 5. The van der Waals surface area contributed by atoms with Crippen LogP contribution in [-0.2, 0) is 16.2 Å². The SMILES string of the molecule is Cc1cc2c3c(c1)N1c4c(cc(C)cc4C4(C)CCCCC14C)B3c1cc(C(C)(C)C)ccc1N2c1ccc(C(C)(C)C)cc1. The molecule has 0 N–H and O–H groups in total. The summed E-state index contributed by atoms with van der Waals surface area (Å²) in [5.41, 5.74) is 18.7. The van der Waals surface area contributed by atoms with Crippen LogP contribution in [0.2, 0.25) is 0 Å². The lowest BCUT2D eigenvalue weighted by molar-refractivity contribution is 0.195. The van der Waals surface area contributed by atoms with Gasteiger partial charge in [0.15, 0.2) is 0 Å². The van der Waals surface area contributed by atoms with E-state index in [1.807, 2.05) is 0 Å².